The van der Waals surface area contributed by atoms with Crippen LogP contribution in [0.15, 0.2) is 40.9 Å². The van der Waals surface area contributed by atoms with Crippen LogP contribution >= 0.6 is 27.5 Å². The van der Waals surface area contributed by atoms with Crippen molar-refractivity contribution < 1.29 is 14.7 Å². The summed E-state index contributed by atoms with van der Waals surface area (Å²) in [6.07, 6.45) is 0. The summed E-state index contributed by atoms with van der Waals surface area (Å²) in [6.45, 7) is 1.86. The Morgan fingerprint density at radius 1 is 1.19 bits per heavy atom. The van der Waals surface area contributed by atoms with E-state index in [1.807, 2.05) is 13.0 Å². The minimum absolute atomic E-state index is 0.0144. The van der Waals surface area contributed by atoms with Crippen LogP contribution in [-0.2, 0) is 0 Å². The molecule has 21 heavy (non-hydrogen) atoms. The third kappa shape index (κ3) is 3.83. The van der Waals surface area contributed by atoms with Gasteiger partial charge in [-0.1, -0.05) is 27.5 Å². The summed E-state index contributed by atoms with van der Waals surface area (Å²) < 4.78 is 0.775. The molecule has 0 saturated carbocycles. The van der Waals surface area contributed by atoms with E-state index in [2.05, 4.69) is 21.2 Å². The second kappa shape index (κ2) is 6.28. The first-order valence-electron chi connectivity index (χ1n) is 5.98. The molecule has 2 N–H and O–H groups in total. The maximum atomic E-state index is 12.2. The standard InChI is InChI=1S/C15H11BrClNO3/c1-8-4-9(6-10(16)5-8)14(19)18-13-7-11(17)2-3-12(13)15(20)21/h2-7H,1H3,(H,18,19)(H,20,21). The normalized spacial score (nSPS) is 10.2. The minimum Gasteiger partial charge on any atom is -0.478 e. The van der Waals surface area contributed by atoms with Crippen molar-refractivity contribution in [2.24, 2.45) is 0 Å². The van der Waals surface area contributed by atoms with Crippen molar-refractivity contribution in [2.45, 2.75) is 6.92 Å². The zero-order valence-electron chi connectivity index (χ0n) is 11.0. The minimum atomic E-state index is -1.13. The number of carboxylic acid groups (broad SMARTS) is 1. The zero-order valence-corrected chi connectivity index (χ0v) is 13.3. The van der Waals surface area contributed by atoms with Gasteiger partial charge in [-0.25, -0.2) is 4.79 Å². The van der Waals surface area contributed by atoms with E-state index in [9.17, 15) is 9.59 Å². The smallest absolute Gasteiger partial charge is 0.337 e. The first-order valence-corrected chi connectivity index (χ1v) is 7.15. The molecule has 0 saturated heterocycles. The fraction of sp³-hybridized carbons (Fsp3) is 0.0667. The van der Waals surface area contributed by atoms with Gasteiger partial charge >= 0.3 is 5.97 Å². The topological polar surface area (TPSA) is 66.4 Å². The van der Waals surface area contributed by atoms with Crippen LogP contribution in [0.2, 0.25) is 5.02 Å². The van der Waals surface area contributed by atoms with Crippen LogP contribution in [0, 0.1) is 6.92 Å². The van der Waals surface area contributed by atoms with Crippen molar-refractivity contribution in [3.05, 3.63) is 62.6 Å². The van der Waals surface area contributed by atoms with Crippen LogP contribution in [-0.4, -0.2) is 17.0 Å². The summed E-state index contributed by atoms with van der Waals surface area (Å²) >= 11 is 9.17. The quantitative estimate of drug-likeness (QED) is 0.846. The number of amides is 1. The molecule has 4 nitrogen and oxygen atoms in total. The van der Waals surface area contributed by atoms with Crippen molar-refractivity contribution in [3.63, 3.8) is 0 Å². The molecule has 0 radical (unpaired) electrons. The highest BCUT2D eigenvalue weighted by molar-refractivity contribution is 9.10. The first kappa shape index (κ1) is 15.5. The summed E-state index contributed by atoms with van der Waals surface area (Å²) in [4.78, 5) is 23.4. The summed E-state index contributed by atoms with van der Waals surface area (Å²) in [5.74, 6) is -1.53. The molecule has 0 bridgehead atoms. The lowest BCUT2D eigenvalue weighted by atomic mass is 10.1. The molecule has 0 unspecified atom stereocenters. The zero-order chi connectivity index (χ0) is 15.6. The highest BCUT2D eigenvalue weighted by Crippen LogP contribution is 2.23. The number of halogens is 2. The van der Waals surface area contributed by atoms with Crippen LogP contribution < -0.4 is 5.32 Å². The second-order valence-electron chi connectivity index (χ2n) is 4.47. The average Bonchev–Trinajstić information content (AvgIpc) is 2.37. The Kier molecular flexibility index (Phi) is 4.65. The van der Waals surface area contributed by atoms with Gasteiger partial charge in [-0.15, -0.1) is 0 Å². The number of rotatable bonds is 3. The van der Waals surface area contributed by atoms with Gasteiger partial charge in [0.25, 0.3) is 5.91 Å². The van der Waals surface area contributed by atoms with E-state index in [1.165, 1.54) is 18.2 Å². The van der Waals surface area contributed by atoms with Crippen LogP contribution in [0.3, 0.4) is 0 Å². The van der Waals surface area contributed by atoms with Gasteiger partial charge in [0.1, 0.15) is 0 Å². The molecular weight excluding hydrogens is 358 g/mol. The number of carbonyl (C=O) groups excluding carboxylic acids is 1. The number of hydrogen-bond donors (Lipinski definition) is 2. The molecule has 2 aromatic rings. The van der Waals surface area contributed by atoms with Crippen molar-refractivity contribution in [3.8, 4) is 0 Å². The van der Waals surface area contributed by atoms with Crippen LogP contribution in [0.1, 0.15) is 26.3 Å². The van der Waals surface area contributed by atoms with Gasteiger partial charge in [0.05, 0.1) is 11.3 Å². The molecule has 0 aliphatic rings. The van der Waals surface area contributed by atoms with E-state index in [4.69, 9.17) is 16.7 Å². The maximum absolute atomic E-state index is 12.2. The van der Waals surface area contributed by atoms with Gasteiger partial charge in [-0.05, 0) is 48.9 Å². The number of carboxylic acids is 1. The molecule has 108 valence electrons. The van der Waals surface area contributed by atoms with Crippen LogP contribution in [0.5, 0.6) is 0 Å². The monoisotopic (exact) mass is 367 g/mol. The first-order chi connectivity index (χ1) is 9.86. The lowest BCUT2D eigenvalue weighted by molar-refractivity contribution is 0.0698. The Labute approximate surface area is 134 Å². The predicted octanol–water partition coefficient (Wildman–Crippen LogP) is 4.36. The molecule has 0 aliphatic heterocycles. The van der Waals surface area contributed by atoms with Crippen LogP contribution in [0.4, 0.5) is 5.69 Å². The summed E-state index contributed by atoms with van der Waals surface area (Å²) in [5.41, 5.74) is 1.49. The Morgan fingerprint density at radius 3 is 2.52 bits per heavy atom. The van der Waals surface area contributed by atoms with E-state index < -0.39 is 11.9 Å². The number of carbonyl (C=O) groups is 2. The SMILES string of the molecule is Cc1cc(Br)cc(C(=O)Nc2cc(Cl)ccc2C(=O)O)c1. The second-order valence-corrected chi connectivity index (χ2v) is 5.82. The number of aryl methyl sites for hydroxylation is 1. The molecule has 0 aromatic heterocycles. The van der Waals surface area contributed by atoms with Crippen LogP contribution in [0.25, 0.3) is 0 Å². The molecule has 0 heterocycles. The number of aromatic carboxylic acids is 1. The maximum Gasteiger partial charge on any atom is 0.337 e. The molecule has 0 fully saturated rings. The summed E-state index contributed by atoms with van der Waals surface area (Å²) in [7, 11) is 0. The average molecular weight is 369 g/mol. The van der Waals surface area contributed by atoms with Crippen molar-refractivity contribution in [1.29, 1.82) is 0 Å². The molecule has 6 heteroatoms. The molecule has 2 rings (SSSR count). The molecule has 0 aliphatic carbocycles. The number of benzene rings is 2. The molecular formula is C15H11BrClNO3. The lowest BCUT2D eigenvalue weighted by Crippen LogP contribution is -2.15. The number of anilines is 1. The van der Waals surface area contributed by atoms with Gasteiger partial charge in [0.2, 0.25) is 0 Å². The third-order valence-electron chi connectivity index (χ3n) is 2.76. The molecule has 0 atom stereocenters. The van der Waals surface area contributed by atoms with Gasteiger partial charge in [0, 0.05) is 15.1 Å². The van der Waals surface area contributed by atoms with Gasteiger partial charge in [0.15, 0.2) is 0 Å². The molecule has 2 aromatic carbocycles. The van der Waals surface area contributed by atoms with E-state index in [0.29, 0.717) is 10.6 Å². The fourth-order valence-electron chi connectivity index (χ4n) is 1.87. The molecule has 0 spiro atoms. The Hall–Kier alpha value is -1.85. The van der Waals surface area contributed by atoms with E-state index >= 15 is 0 Å². The Bertz CT molecular complexity index is 711. The highest BCUT2D eigenvalue weighted by Gasteiger charge is 2.14. The Morgan fingerprint density at radius 2 is 1.90 bits per heavy atom. The van der Waals surface area contributed by atoms with E-state index in [-0.39, 0.29) is 11.3 Å². The lowest BCUT2D eigenvalue weighted by Gasteiger charge is -2.10. The Balaban J connectivity index is 2.35. The van der Waals surface area contributed by atoms with Gasteiger partial charge in [-0.3, -0.25) is 4.79 Å². The number of nitrogens with one attached hydrogen (secondary N) is 1. The largest absolute Gasteiger partial charge is 0.478 e. The highest BCUT2D eigenvalue weighted by atomic mass is 79.9. The van der Waals surface area contributed by atoms with Crippen molar-refractivity contribution >= 4 is 45.1 Å². The summed E-state index contributed by atoms with van der Waals surface area (Å²) in [6, 6.07) is 9.47. The van der Waals surface area contributed by atoms with E-state index in [0.717, 1.165) is 10.0 Å². The predicted molar refractivity (Wildman–Crippen MR) is 85.2 cm³/mol. The van der Waals surface area contributed by atoms with Crippen molar-refractivity contribution in [2.75, 3.05) is 5.32 Å². The van der Waals surface area contributed by atoms with E-state index in [1.54, 1.807) is 12.1 Å². The number of hydrogen-bond acceptors (Lipinski definition) is 2. The third-order valence-corrected chi connectivity index (χ3v) is 3.46. The van der Waals surface area contributed by atoms with Gasteiger partial charge < -0.3 is 10.4 Å². The van der Waals surface area contributed by atoms with Gasteiger partial charge in [-0.2, -0.15) is 0 Å². The van der Waals surface area contributed by atoms with Crippen molar-refractivity contribution in [1.82, 2.24) is 0 Å². The molecule has 1 amide bonds. The fourth-order valence-corrected chi connectivity index (χ4v) is 2.65. The summed E-state index contributed by atoms with van der Waals surface area (Å²) in [5, 5.41) is 12.1.